The van der Waals surface area contributed by atoms with Gasteiger partial charge in [-0.1, -0.05) is 38.1 Å². The van der Waals surface area contributed by atoms with Crippen LogP contribution in [0.1, 0.15) is 106 Å². The van der Waals surface area contributed by atoms with Crippen molar-refractivity contribution in [1.82, 2.24) is 19.6 Å². The van der Waals surface area contributed by atoms with Crippen LogP contribution in [0.5, 0.6) is 0 Å². The predicted octanol–water partition coefficient (Wildman–Crippen LogP) is 8.25. The number of nitrogens with one attached hydrogen (secondary N) is 3. The maximum atomic E-state index is 14.7. The number of aliphatic hydroxyl groups is 1. The summed E-state index contributed by atoms with van der Waals surface area (Å²) in [4.78, 5) is 43.8. The van der Waals surface area contributed by atoms with Crippen molar-refractivity contribution < 1.29 is 32.7 Å². The molecule has 5 fully saturated rings. The fourth-order valence-electron chi connectivity index (χ4n) is 12.6. The largest absolute Gasteiger partial charge is 0.390 e. The summed E-state index contributed by atoms with van der Waals surface area (Å²) < 4.78 is 42.7. The number of hydrogen-bond donors (Lipinski definition) is 4. The van der Waals surface area contributed by atoms with Crippen LogP contribution in [0.4, 0.5) is 34.3 Å². The van der Waals surface area contributed by atoms with Crippen LogP contribution in [-0.4, -0.2) is 123 Å². The molecule has 11 rings (SSSR count). The van der Waals surface area contributed by atoms with E-state index in [1.165, 1.54) is 23.3 Å². The number of piperidine rings is 1. The molecule has 2 atom stereocenters. The Hall–Kier alpha value is -5.79. The number of carbonyl (C=O) groups excluding carboxylic acids is 1. The highest BCUT2D eigenvalue weighted by atomic mass is 32.2. The number of hydrogen-bond acceptors (Lipinski definition) is 14. The fourth-order valence-corrected chi connectivity index (χ4v) is 13.6. The molecule has 4 N–H and O–H groups in total. The molecule has 17 nitrogen and oxygen atoms in total. The highest BCUT2D eigenvalue weighted by Crippen LogP contribution is 2.54. The van der Waals surface area contributed by atoms with Gasteiger partial charge in [0, 0.05) is 68.6 Å². The third-order valence-corrected chi connectivity index (χ3v) is 18.1. The Morgan fingerprint density at radius 3 is 2.47 bits per heavy atom. The van der Waals surface area contributed by atoms with E-state index in [0.717, 1.165) is 99.1 Å². The van der Waals surface area contributed by atoms with Gasteiger partial charge in [0.2, 0.25) is 0 Å². The number of pyridine rings is 1. The normalized spacial score (nSPS) is 24.7. The molecule has 6 heterocycles. The fraction of sp³-hybridized carbons (Fsp3) is 0.519. The lowest BCUT2D eigenvalue weighted by Gasteiger charge is -2.57. The van der Waals surface area contributed by atoms with Crippen molar-refractivity contribution in [3.05, 3.63) is 106 Å². The molecule has 2 aliphatic carbocycles. The molecule has 18 heteroatoms. The number of sulfonamides is 1. The van der Waals surface area contributed by atoms with Gasteiger partial charge in [-0.25, -0.2) is 18.1 Å². The van der Waals surface area contributed by atoms with Gasteiger partial charge in [0.05, 0.1) is 70.9 Å². The minimum Gasteiger partial charge on any atom is -0.390 e. The molecule has 382 valence electrons. The van der Waals surface area contributed by atoms with Crippen molar-refractivity contribution in [2.45, 2.75) is 107 Å². The number of anilines is 5. The number of ether oxygens (including phenoxy) is 2. The number of rotatable bonds is 12. The van der Waals surface area contributed by atoms with Crippen LogP contribution >= 0.6 is 0 Å². The number of benzene rings is 3. The number of nitrogens with zero attached hydrogens (tertiary/aromatic N) is 6. The third-order valence-electron chi connectivity index (χ3n) is 16.8. The molecule has 72 heavy (non-hydrogen) atoms. The molecule has 0 unspecified atom stereocenters. The molecule has 4 aliphatic heterocycles. The minimum absolute atomic E-state index is 0.0959. The molecule has 0 bridgehead atoms. The molecule has 0 radical (unpaired) electrons. The second kappa shape index (κ2) is 19.2. The summed E-state index contributed by atoms with van der Waals surface area (Å²) in [5.41, 5.74) is 5.23. The third kappa shape index (κ3) is 9.40. The first kappa shape index (κ1) is 48.5. The van der Waals surface area contributed by atoms with Crippen LogP contribution in [0.3, 0.4) is 0 Å². The van der Waals surface area contributed by atoms with Crippen molar-refractivity contribution in [3.63, 3.8) is 0 Å². The van der Waals surface area contributed by atoms with Crippen molar-refractivity contribution in [2.24, 2.45) is 11.3 Å². The Morgan fingerprint density at radius 1 is 0.931 bits per heavy atom. The molecule has 3 saturated heterocycles. The number of amides is 1. The van der Waals surface area contributed by atoms with Crippen LogP contribution in [0, 0.1) is 21.4 Å². The monoisotopic (exact) mass is 1000 g/mol. The summed E-state index contributed by atoms with van der Waals surface area (Å²) in [6.07, 6.45) is 9.04. The van der Waals surface area contributed by atoms with Gasteiger partial charge < -0.3 is 39.6 Å². The van der Waals surface area contributed by atoms with Gasteiger partial charge in [0.1, 0.15) is 11.3 Å². The maximum Gasteiger partial charge on any atom is 0.293 e. The SMILES string of the molecule is CC(C)c1ccccc1[C@@H]1COCCN1C1CC2(CCN(c3ccc(C(=O)NS(=O)(=O)c4ccc(NC[C@H]5CC[C@](C)(O)CC5)c([N+](=O)[O-])c4)c(N4C[C@H]5COCCN5c5nc6[nH]ccc6cc54)c3)CC2)C1. The van der Waals surface area contributed by atoms with E-state index in [4.69, 9.17) is 14.5 Å². The van der Waals surface area contributed by atoms with Crippen molar-refractivity contribution in [3.8, 4) is 0 Å². The van der Waals surface area contributed by atoms with E-state index >= 15 is 0 Å². The summed E-state index contributed by atoms with van der Waals surface area (Å²) in [6.45, 7) is 13.0. The first-order valence-corrected chi connectivity index (χ1v) is 27.4. The standard InChI is InChI=1S/C54H67N9O8S/c1-35(2)42-6-4-5-7-43(42)49-34-71-24-22-60(49)39-29-54(30-39)17-20-59(21-18-54)38-8-10-44(46(27-38)62-32-40-33-70-25-23-61(40)51-48(62)26-37-14-19-55-50(37)57-51)52(64)58-72(68,69)41-9-11-45(47(28-41)63(66)67)56-31-36-12-15-53(3,65)16-13-36/h4-11,14,19,26-28,35-36,39-40,49,56,65H,12-13,15-18,20-25,29-34H2,1-3H3,(H,55,57)(H,58,64)/t36-,40-,49-,53-/m0/s1. The van der Waals surface area contributed by atoms with E-state index in [-0.39, 0.29) is 34.7 Å². The highest BCUT2D eigenvalue weighted by molar-refractivity contribution is 7.90. The smallest absolute Gasteiger partial charge is 0.293 e. The van der Waals surface area contributed by atoms with E-state index in [0.29, 0.717) is 69.9 Å². The van der Waals surface area contributed by atoms with E-state index in [9.17, 15) is 28.4 Å². The molecule has 1 spiro atoms. The van der Waals surface area contributed by atoms with Gasteiger partial charge >= 0.3 is 0 Å². The van der Waals surface area contributed by atoms with Gasteiger partial charge in [-0.3, -0.25) is 19.8 Å². The van der Waals surface area contributed by atoms with E-state index in [1.54, 1.807) is 6.07 Å². The van der Waals surface area contributed by atoms with Crippen molar-refractivity contribution >= 4 is 61.2 Å². The maximum absolute atomic E-state index is 14.7. The zero-order valence-electron chi connectivity index (χ0n) is 41.5. The number of morpholine rings is 2. The van der Waals surface area contributed by atoms with E-state index in [1.807, 2.05) is 31.3 Å². The zero-order chi connectivity index (χ0) is 49.9. The molecule has 5 aromatic rings. The second-order valence-corrected chi connectivity index (χ2v) is 23.5. The number of aromatic amines is 1. The molecule has 3 aromatic carbocycles. The first-order valence-electron chi connectivity index (χ1n) is 25.9. The Balaban J connectivity index is 0.858. The van der Waals surface area contributed by atoms with Crippen molar-refractivity contribution in [1.29, 1.82) is 0 Å². The minimum atomic E-state index is -4.60. The molecule has 2 saturated carbocycles. The van der Waals surface area contributed by atoms with Crippen LogP contribution < -0.4 is 24.7 Å². The Labute approximate surface area is 421 Å². The number of fused-ring (bicyclic) bond motifs is 4. The average Bonchev–Trinajstić information content (AvgIpc) is 3.84. The molecular weight excluding hydrogens is 935 g/mol. The molecule has 2 aromatic heterocycles. The first-order chi connectivity index (χ1) is 34.6. The summed E-state index contributed by atoms with van der Waals surface area (Å²) in [5.74, 6) is 0.528. The average molecular weight is 1000 g/mol. The zero-order valence-corrected chi connectivity index (χ0v) is 42.3. The van der Waals surface area contributed by atoms with E-state index < -0.39 is 37.0 Å². The Morgan fingerprint density at radius 2 is 1.69 bits per heavy atom. The lowest BCUT2D eigenvalue weighted by molar-refractivity contribution is -0.384. The lowest BCUT2D eigenvalue weighted by atomic mass is 9.59. The quantitative estimate of drug-likeness (QED) is 0.0688. The van der Waals surface area contributed by atoms with Gasteiger partial charge in [-0.05, 0) is 129 Å². The summed E-state index contributed by atoms with van der Waals surface area (Å²) in [5, 5.41) is 26.8. The molecular formula is C54H67N9O8S. The van der Waals surface area contributed by atoms with Crippen LogP contribution in [0.25, 0.3) is 11.0 Å². The second-order valence-electron chi connectivity index (χ2n) is 21.8. The number of aromatic nitrogens is 2. The van der Waals surface area contributed by atoms with Gasteiger partial charge in [0.15, 0.2) is 5.82 Å². The van der Waals surface area contributed by atoms with Crippen LogP contribution in [0.15, 0.2) is 83.9 Å². The molecule has 1 amide bonds. The topological polar surface area (TPSA) is 199 Å². The van der Waals surface area contributed by atoms with Crippen LogP contribution in [-0.2, 0) is 19.5 Å². The summed E-state index contributed by atoms with van der Waals surface area (Å²) in [6, 6.07) is 22.8. The number of carbonyl (C=O) groups is 1. The number of nitro groups is 1. The highest BCUT2D eigenvalue weighted by Gasteiger charge is 2.50. The van der Waals surface area contributed by atoms with Crippen molar-refractivity contribution in [2.75, 3.05) is 85.7 Å². The Kier molecular flexibility index (Phi) is 13.0. The lowest BCUT2D eigenvalue weighted by Crippen LogP contribution is -2.58. The van der Waals surface area contributed by atoms with Crippen LogP contribution in [0.2, 0.25) is 0 Å². The number of nitro benzene ring substituents is 1. The van der Waals surface area contributed by atoms with Gasteiger partial charge in [-0.15, -0.1) is 0 Å². The van der Waals surface area contributed by atoms with E-state index in [2.05, 4.69) is 78.8 Å². The molecule has 6 aliphatic rings. The van der Waals surface area contributed by atoms with Gasteiger partial charge in [0.25, 0.3) is 21.6 Å². The predicted molar refractivity (Wildman–Crippen MR) is 278 cm³/mol. The Bertz CT molecular complexity index is 2950. The summed E-state index contributed by atoms with van der Waals surface area (Å²) in [7, 11) is -4.60. The summed E-state index contributed by atoms with van der Waals surface area (Å²) >= 11 is 0. The van der Waals surface area contributed by atoms with Gasteiger partial charge in [-0.2, -0.15) is 0 Å². The number of H-pyrrole nitrogens is 1.